The first kappa shape index (κ1) is 11.7. The van der Waals surface area contributed by atoms with Gasteiger partial charge in [-0.3, -0.25) is 4.79 Å². The summed E-state index contributed by atoms with van der Waals surface area (Å²) in [5, 5.41) is 9.62. The minimum Gasteiger partial charge on any atom is -0.360 e. The first-order chi connectivity index (χ1) is 7.19. The fraction of sp³-hybridized carbons (Fsp3) is 0.455. The van der Waals surface area contributed by atoms with E-state index in [-0.39, 0.29) is 0 Å². The number of rotatable bonds is 5. The predicted molar refractivity (Wildman–Crippen MR) is 62.4 cm³/mol. The van der Waals surface area contributed by atoms with Crippen LogP contribution in [-0.4, -0.2) is 18.9 Å². The van der Waals surface area contributed by atoms with Crippen molar-refractivity contribution < 1.29 is 4.79 Å². The normalized spacial score (nSPS) is 10.0. The summed E-state index contributed by atoms with van der Waals surface area (Å²) in [5.41, 5.74) is 0. The van der Waals surface area contributed by atoms with Crippen LogP contribution in [0.1, 0.15) is 29.9 Å². The van der Waals surface area contributed by atoms with Gasteiger partial charge in [-0.1, -0.05) is 0 Å². The summed E-state index contributed by atoms with van der Waals surface area (Å²) in [5.74, 6) is 0. The predicted octanol–water partition coefficient (Wildman–Crippen LogP) is 2.69. The van der Waals surface area contributed by atoms with Crippen LogP contribution in [0.3, 0.4) is 0 Å². The van der Waals surface area contributed by atoms with Crippen LogP contribution in [0.2, 0.25) is 0 Å². The first-order valence-electron chi connectivity index (χ1n) is 4.87. The second-order valence-corrected chi connectivity index (χ2v) is 4.58. The maximum atomic E-state index is 10.6. The zero-order chi connectivity index (χ0) is 11.3. The molecule has 0 aliphatic carbocycles. The van der Waals surface area contributed by atoms with Crippen molar-refractivity contribution in [2.24, 2.45) is 0 Å². The number of nitriles is 1. The third-order valence-electron chi connectivity index (χ3n) is 2.10. The van der Waals surface area contributed by atoms with Gasteiger partial charge in [-0.2, -0.15) is 5.26 Å². The summed E-state index contributed by atoms with van der Waals surface area (Å²) in [6.45, 7) is 4.88. The van der Waals surface area contributed by atoms with E-state index in [0.717, 1.165) is 16.2 Å². The molecule has 15 heavy (non-hydrogen) atoms. The highest BCUT2D eigenvalue weighted by atomic mass is 32.1. The zero-order valence-electron chi connectivity index (χ0n) is 8.93. The fourth-order valence-electron chi connectivity index (χ4n) is 1.35. The lowest BCUT2D eigenvalue weighted by Gasteiger charge is -2.26. The summed E-state index contributed by atoms with van der Waals surface area (Å²) in [7, 11) is 0. The molecule has 4 heteroatoms. The van der Waals surface area contributed by atoms with Gasteiger partial charge in [0, 0.05) is 12.6 Å². The Morgan fingerprint density at radius 3 is 2.80 bits per heavy atom. The van der Waals surface area contributed by atoms with Crippen molar-refractivity contribution in [1.82, 2.24) is 0 Å². The van der Waals surface area contributed by atoms with Gasteiger partial charge in [-0.25, -0.2) is 0 Å². The largest absolute Gasteiger partial charge is 0.360 e. The van der Waals surface area contributed by atoms with Gasteiger partial charge in [0.2, 0.25) is 0 Å². The molecular weight excluding hydrogens is 208 g/mol. The molecule has 0 aromatic carbocycles. The number of hydrogen-bond acceptors (Lipinski definition) is 4. The van der Waals surface area contributed by atoms with Crippen LogP contribution in [0.5, 0.6) is 0 Å². The average molecular weight is 222 g/mol. The molecule has 0 unspecified atom stereocenters. The smallest absolute Gasteiger partial charge is 0.160 e. The Hall–Kier alpha value is -1.34. The molecule has 1 aromatic heterocycles. The molecule has 0 fully saturated rings. The van der Waals surface area contributed by atoms with Crippen molar-refractivity contribution in [2.75, 3.05) is 11.4 Å². The van der Waals surface area contributed by atoms with E-state index in [2.05, 4.69) is 24.8 Å². The van der Waals surface area contributed by atoms with E-state index >= 15 is 0 Å². The number of carbonyl (C=O) groups is 1. The van der Waals surface area contributed by atoms with Crippen molar-refractivity contribution in [3.63, 3.8) is 0 Å². The lowest BCUT2D eigenvalue weighted by atomic mass is 10.3. The van der Waals surface area contributed by atoms with Crippen LogP contribution in [0.15, 0.2) is 12.1 Å². The number of aldehydes is 1. The molecule has 1 aromatic rings. The summed E-state index contributed by atoms with van der Waals surface area (Å²) < 4.78 is 0. The maximum Gasteiger partial charge on any atom is 0.160 e. The molecule has 0 saturated heterocycles. The molecule has 1 rings (SSSR count). The molecule has 80 valence electrons. The average Bonchev–Trinajstić information content (AvgIpc) is 2.66. The molecule has 1 heterocycles. The topological polar surface area (TPSA) is 44.1 Å². The number of thiophene rings is 1. The molecule has 0 N–H and O–H groups in total. The Labute approximate surface area is 93.9 Å². The third kappa shape index (κ3) is 3.07. The quantitative estimate of drug-likeness (QED) is 0.719. The Kier molecular flexibility index (Phi) is 4.32. The maximum absolute atomic E-state index is 10.6. The number of carbonyl (C=O) groups excluding carboxylic acids is 1. The molecule has 0 amide bonds. The highest BCUT2D eigenvalue weighted by Gasteiger charge is 2.12. The van der Waals surface area contributed by atoms with Crippen LogP contribution < -0.4 is 4.90 Å². The van der Waals surface area contributed by atoms with Crippen LogP contribution in [0, 0.1) is 11.3 Å². The van der Waals surface area contributed by atoms with Gasteiger partial charge in [0.1, 0.15) is 0 Å². The monoisotopic (exact) mass is 222 g/mol. The van der Waals surface area contributed by atoms with E-state index in [1.165, 1.54) is 11.3 Å². The van der Waals surface area contributed by atoms with Crippen molar-refractivity contribution in [1.29, 1.82) is 5.26 Å². The zero-order valence-corrected chi connectivity index (χ0v) is 9.75. The van der Waals surface area contributed by atoms with Gasteiger partial charge in [0.25, 0.3) is 0 Å². The van der Waals surface area contributed by atoms with Crippen LogP contribution in [0.25, 0.3) is 0 Å². The minimum absolute atomic E-state index is 0.344. The molecule has 0 bridgehead atoms. The number of anilines is 1. The van der Waals surface area contributed by atoms with Gasteiger partial charge < -0.3 is 4.90 Å². The summed E-state index contributed by atoms with van der Waals surface area (Å²) in [6, 6.07) is 6.23. The summed E-state index contributed by atoms with van der Waals surface area (Å²) in [4.78, 5) is 13.4. The summed E-state index contributed by atoms with van der Waals surface area (Å²) >= 11 is 1.47. The van der Waals surface area contributed by atoms with E-state index in [1.807, 2.05) is 12.1 Å². The third-order valence-corrected chi connectivity index (χ3v) is 3.15. The van der Waals surface area contributed by atoms with Crippen LogP contribution >= 0.6 is 11.3 Å². The second-order valence-electron chi connectivity index (χ2n) is 3.49. The van der Waals surface area contributed by atoms with Gasteiger partial charge in [0.05, 0.1) is 22.4 Å². The Bertz CT molecular complexity index is 365. The highest BCUT2D eigenvalue weighted by Crippen LogP contribution is 2.26. The number of hydrogen-bond donors (Lipinski definition) is 0. The van der Waals surface area contributed by atoms with Gasteiger partial charge >= 0.3 is 0 Å². The molecule has 0 atom stereocenters. The van der Waals surface area contributed by atoms with E-state index in [4.69, 9.17) is 5.26 Å². The van der Waals surface area contributed by atoms with Crippen LogP contribution in [-0.2, 0) is 0 Å². The Morgan fingerprint density at radius 2 is 2.33 bits per heavy atom. The van der Waals surface area contributed by atoms with Crippen molar-refractivity contribution >= 4 is 22.6 Å². The first-order valence-corrected chi connectivity index (χ1v) is 5.69. The highest BCUT2D eigenvalue weighted by molar-refractivity contribution is 7.17. The molecule has 3 nitrogen and oxygen atoms in total. The molecule has 0 spiro atoms. The van der Waals surface area contributed by atoms with Crippen molar-refractivity contribution in [3.05, 3.63) is 17.0 Å². The van der Waals surface area contributed by atoms with E-state index in [9.17, 15) is 4.79 Å². The van der Waals surface area contributed by atoms with Crippen molar-refractivity contribution in [2.45, 2.75) is 26.3 Å². The Morgan fingerprint density at radius 1 is 1.60 bits per heavy atom. The van der Waals surface area contributed by atoms with Crippen molar-refractivity contribution in [3.8, 4) is 6.07 Å². The van der Waals surface area contributed by atoms with Gasteiger partial charge in [-0.15, -0.1) is 11.3 Å². The molecule has 0 saturated carbocycles. The van der Waals surface area contributed by atoms with Gasteiger partial charge in [-0.05, 0) is 26.0 Å². The van der Waals surface area contributed by atoms with Crippen LogP contribution in [0.4, 0.5) is 5.00 Å². The molecular formula is C11H14N2OS. The van der Waals surface area contributed by atoms with Gasteiger partial charge in [0.15, 0.2) is 6.29 Å². The van der Waals surface area contributed by atoms with E-state index in [0.29, 0.717) is 19.0 Å². The lowest BCUT2D eigenvalue weighted by Crippen LogP contribution is -2.30. The fourth-order valence-corrected chi connectivity index (χ4v) is 2.33. The lowest BCUT2D eigenvalue weighted by molar-refractivity contribution is 0.112. The van der Waals surface area contributed by atoms with E-state index in [1.54, 1.807) is 0 Å². The van der Waals surface area contributed by atoms with E-state index < -0.39 is 0 Å². The standard InChI is InChI=1S/C11H14N2OS/c1-9(2)13(7-3-6-12)11-5-4-10(8-14)15-11/h4-5,8-9H,3,7H2,1-2H3. The molecule has 0 radical (unpaired) electrons. The second kappa shape index (κ2) is 5.52. The number of nitrogens with zero attached hydrogens (tertiary/aromatic N) is 2. The minimum atomic E-state index is 0.344. The SMILES string of the molecule is CC(C)N(CCC#N)c1ccc(C=O)s1. The molecule has 0 aliphatic heterocycles. The Balaban J connectivity index is 2.79. The molecule has 0 aliphatic rings. The summed E-state index contributed by atoms with van der Waals surface area (Å²) in [6.07, 6.45) is 1.36.